The monoisotopic (exact) mass is 136 g/mol. The van der Waals surface area contributed by atoms with E-state index < -0.39 is 0 Å². The van der Waals surface area contributed by atoms with Crippen molar-refractivity contribution in [2.24, 2.45) is 5.92 Å². The van der Waals surface area contributed by atoms with Gasteiger partial charge in [-0.05, 0) is 25.2 Å². The molecule has 54 valence electrons. The van der Waals surface area contributed by atoms with Crippen LogP contribution in [-0.2, 0) is 0 Å². The van der Waals surface area contributed by atoms with Crippen LogP contribution in [0.3, 0.4) is 0 Å². The Morgan fingerprint density at radius 2 is 2.30 bits per heavy atom. The number of nitrogens with zero attached hydrogens (tertiary/aromatic N) is 1. The van der Waals surface area contributed by atoms with Crippen LogP contribution >= 0.6 is 0 Å². The van der Waals surface area contributed by atoms with Crippen molar-refractivity contribution in [3.63, 3.8) is 0 Å². The number of hydrogen-bond acceptors (Lipinski definition) is 2. The average molecular weight is 136 g/mol. The van der Waals surface area contributed by atoms with Gasteiger partial charge in [-0.1, -0.05) is 6.42 Å². The first-order chi connectivity index (χ1) is 4.90. The van der Waals surface area contributed by atoms with Crippen molar-refractivity contribution in [2.75, 3.05) is 0 Å². The maximum absolute atomic E-state index is 8.61. The van der Waals surface area contributed by atoms with Gasteiger partial charge in [-0.15, -0.1) is 0 Å². The van der Waals surface area contributed by atoms with Gasteiger partial charge in [0.05, 0.1) is 12.1 Å². The van der Waals surface area contributed by atoms with Crippen molar-refractivity contribution in [2.45, 2.75) is 37.8 Å². The number of hydrogen-bond donors (Lipinski definition) is 1. The molecule has 10 heavy (non-hydrogen) atoms. The van der Waals surface area contributed by atoms with Crippen LogP contribution in [0.15, 0.2) is 0 Å². The van der Waals surface area contributed by atoms with E-state index in [0.717, 1.165) is 12.3 Å². The van der Waals surface area contributed by atoms with E-state index in [9.17, 15) is 0 Å². The second kappa shape index (κ2) is 2.25. The third-order valence-corrected chi connectivity index (χ3v) is 2.77. The van der Waals surface area contributed by atoms with E-state index >= 15 is 0 Å². The Hall–Kier alpha value is -0.550. The lowest BCUT2D eigenvalue weighted by molar-refractivity contribution is 0.518. The molecule has 1 saturated heterocycles. The molecule has 2 rings (SSSR count). The molecular formula is C8H12N2. The summed E-state index contributed by atoms with van der Waals surface area (Å²) in [7, 11) is 0. The number of nitriles is 1. The topological polar surface area (TPSA) is 35.8 Å². The van der Waals surface area contributed by atoms with Gasteiger partial charge in [0.15, 0.2) is 0 Å². The number of fused-ring (bicyclic) bond motifs is 1. The molecule has 2 fully saturated rings. The fourth-order valence-electron chi connectivity index (χ4n) is 2.26. The van der Waals surface area contributed by atoms with Crippen LogP contribution < -0.4 is 5.32 Å². The summed E-state index contributed by atoms with van der Waals surface area (Å²) in [6.07, 6.45) is 5.10. The molecule has 2 aliphatic rings. The first-order valence-electron chi connectivity index (χ1n) is 4.06. The van der Waals surface area contributed by atoms with Gasteiger partial charge in [0.1, 0.15) is 0 Å². The molecule has 0 radical (unpaired) electrons. The highest BCUT2D eigenvalue weighted by Gasteiger charge is 2.36. The van der Waals surface area contributed by atoms with Gasteiger partial charge < -0.3 is 0 Å². The predicted molar refractivity (Wildman–Crippen MR) is 38.3 cm³/mol. The van der Waals surface area contributed by atoms with Crippen molar-refractivity contribution < 1.29 is 0 Å². The van der Waals surface area contributed by atoms with Gasteiger partial charge in [0.2, 0.25) is 0 Å². The Morgan fingerprint density at radius 1 is 1.40 bits per heavy atom. The summed E-state index contributed by atoms with van der Waals surface area (Å²) in [5.74, 6) is 0.824. The van der Waals surface area contributed by atoms with Crippen LogP contribution in [0.1, 0.15) is 25.7 Å². The predicted octanol–water partition coefficient (Wildman–Crippen LogP) is 1.04. The van der Waals surface area contributed by atoms with Crippen molar-refractivity contribution in [1.29, 1.82) is 5.26 Å². The van der Waals surface area contributed by atoms with Crippen LogP contribution in [0, 0.1) is 17.2 Å². The lowest BCUT2D eigenvalue weighted by atomic mass is 10.0. The summed E-state index contributed by atoms with van der Waals surface area (Å²) >= 11 is 0. The Balaban J connectivity index is 2.01. The van der Waals surface area contributed by atoms with Gasteiger partial charge in [-0.2, -0.15) is 5.26 Å². The fourth-order valence-corrected chi connectivity index (χ4v) is 2.26. The standard InChI is InChI=1S/C8H12N2/c9-5-7-4-6-2-1-3-8(6)10-7/h6-8,10H,1-4H2/t6-,7?,8-/m1/s1. The Labute approximate surface area is 61.2 Å². The van der Waals surface area contributed by atoms with E-state index in [1.165, 1.54) is 19.3 Å². The molecule has 3 atom stereocenters. The smallest absolute Gasteiger partial charge is 0.0958 e. The van der Waals surface area contributed by atoms with E-state index in [-0.39, 0.29) is 6.04 Å². The Bertz CT molecular complexity index is 159. The van der Waals surface area contributed by atoms with Gasteiger partial charge >= 0.3 is 0 Å². The summed E-state index contributed by atoms with van der Waals surface area (Å²) in [6.45, 7) is 0. The Kier molecular flexibility index (Phi) is 1.39. The average Bonchev–Trinajstić information content (AvgIpc) is 2.42. The highest BCUT2D eigenvalue weighted by Crippen LogP contribution is 2.34. The zero-order valence-corrected chi connectivity index (χ0v) is 6.01. The van der Waals surface area contributed by atoms with E-state index in [0.29, 0.717) is 6.04 Å². The molecule has 1 heterocycles. The maximum Gasteiger partial charge on any atom is 0.0958 e. The molecule has 0 aromatic rings. The lowest BCUT2D eigenvalue weighted by Gasteiger charge is -2.05. The molecule has 2 heteroatoms. The highest BCUT2D eigenvalue weighted by atomic mass is 15.0. The number of rotatable bonds is 0. The third-order valence-electron chi connectivity index (χ3n) is 2.77. The minimum atomic E-state index is 0.162. The van der Waals surface area contributed by atoms with Gasteiger partial charge in [-0.3, -0.25) is 5.32 Å². The second-order valence-electron chi connectivity index (χ2n) is 3.38. The van der Waals surface area contributed by atoms with Crippen molar-refractivity contribution in [1.82, 2.24) is 5.32 Å². The van der Waals surface area contributed by atoms with Gasteiger partial charge in [-0.25, -0.2) is 0 Å². The molecule has 0 spiro atoms. The van der Waals surface area contributed by atoms with Crippen LogP contribution in [0.5, 0.6) is 0 Å². The first-order valence-corrected chi connectivity index (χ1v) is 4.06. The molecule has 1 saturated carbocycles. The van der Waals surface area contributed by atoms with Crippen LogP contribution in [0.4, 0.5) is 0 Å². The molecular weight excluding hydrogens is 124 g/mol. The summed E-state index contributed by atoms with van der Waals surface area (Å²) in [5, 5.41) is 12.0. The SMILES string of the molecule is N#CC1C[C@H]2CCC[C@H]2N1. The quantitative estimate of drug-likeness (QED) is 0.540. The number of nitrogens with one attached hydrogen (secondary N) is 1. The maximum atomic E-state index is 8.61. The molecule has 0 aromatic carbocycles. The molecule has 1 N–H and O–H groups in total. The van der Waals surface area contributed by atoms with E-state index in [1.54, 1.807) is 0 Å². The highest BCUT2D eigenvalue weighted by molar-refractivity contribution is 5.03. The minimum Gasteiger partial charge on any atom is -0.299 e. The molecule has 0 amide bonds. The Morgan fingerprint density at radius 3 is 3.00 bits per heavy atom. The zero-order valence-electron chi connectivity index (χ0n) is 6.01. The van der Waals surface area contributed by atoms with Crippen LogP contribution in [0.2, 0.25) is 0 Å². The molecule has 1 aliphatic carbocycles. The first kappa shape index (κ1) is 6.18. The van der Waals surface area contributed by atoms with Gasteiger partial charge in [0, 0.05) is 6.04 Å². The van der Waals surface area contributed by atoms with Crippen LogP contribution in [-0.4, -0.2) is 12.1 Å². The minimum absolute atomic E-state index is 0.162. The second-order valence-corrected chi connectivity index (χ2v) is 3.38. The fraction of sp³-hybridized carbons (Fsp3) is 0.875. The molecule has 1 aliphatic heterocycles. The summed E-state index contributed by atoms with van der Waals surface area (Å²) < 4.78 is 0. The van der Waals surface area contributed by atoms with Crippen molar-refractivity contribution in [3.8, 4) is 6.07 Å². The van der Waals surface area contributed by atoms with Crippen molar-refractivity contribution in [3.05, 3.63) is 0 Å². The third kappa shape index (κ3) is 0.819. The molecule has 0 bridgehead atoms. The van der Waals surface area contributed by atoms with Gasteiger partial charge in [0.25, 0.3) is 0 Å². The van der Waals surface area contributed by atoms with Crippen LogP contribution in [0.25, 0.3) is 0 Å². The van der Waals surface area contributed by atoms with E-state index in [4.69, 9.17) is 5.26 Å². The normalized spacial score (nSPS) is 44.9. The largest absolute Gasteiger partial charge is 0.299 e. The van der Waals surface area contributed by atoms with Crippen molar-refractivity contribution >= 4 is 0 Å². The molecule has 0 aromatic heterocycles. The molecule has 2 nitrogen and oxygen atoms in total. The van der Waals surface area contributed by atoms with E-state index in [2.05, 4.69) is 11.4 Å². The summed E-state index contributed by atoms with van der Waals surface area (Å²) in [4.78, 5) is 0. The van der Waals surface area contributed by atoms with E-state index in [1.807, 2.05) is 0 Å². The summed E-state index contributed by atoms with van der Waals surface area (Å²) in [5.41, 5.74) is 0. The molecule has 1 unspecified atom stereocenters. The zero-order chi connectivity index (χ0) is 6.97. The lowest BCUT2D eigenvalue weighted by Crippen LogP contribution is -2.27. The summed E-state index contributed by atoms with van der Waals surface area (Å²) in [6, 6.07) is 3.13.